The van der Waals surface area contributed by atoms with Gasteiger partial charge in [0.05, 0.1) is 24.6 Å². The summed E-state index contributed by atoms with van der Waals surface area (Å²) in [6, 6.07) is 8.28. The molecule has 0 aromatic heterocycles. The zero-order chi connectivity index (χ0) is 20.1. The van der Waals surface area contributed by atoms with E-state index in [-0.39, 0.29) is 5.91 Å². The highest BCUT2D eigenvalue weighted by Gasteiger charge is 2.21. The van der Waals surface area contributed by atoms with E-state index in [9.17, 15) is 4.79 Å². The van der Waals surface area contributed by atoms with Crippen molar-refractivity contribution in [3.05, 3.63) is 83.0 Å². The van der Waals surface area contributed by atoms with E-state index < -0.39 is 0 Å². The van der Waals surface area contributed by atoms with Crippen molar-refractivity contribution in [1.29, 1.82) is 0 Å². The first kappa shape index (κ1) is 20.0. The molecule has 0 saturated carbocycles. The second-order valence-electron chi connectivity index (χ2n) is 7.25. The SMILES string of the molecule is C=C1C(NCc2ccccc2C)=CC(C)=CN1C(=O)/C=C(\C)N1CCOCC1. The number of aryl methyl sites for hydroxylation is 1. The fraction of sp³-hybridized carbons (Fsp3) is 0.348. The minimum atomic E-state index is -0.0865. The van der Waals surface area contributed by atoms with Crippen LogP contribution >= 0.6 is 0 Å². The van der Waals surface area contributed by atoms with Gasteiger partial charge in [-0.3, -0.25) is 9.69 Å². The lowest BCUT2D eigenvalue weighted by Gasteiger charge is -2.30. The number of morpholine rings is 1. The van der Waals surface area contributed by atoms with E-state index in [2.05, 4.69) is 35.9 Å². The van der Waals surface area contributed by atoms with Crippen LogP contribution in [0.1, 0.15) is 25.0 Å². The Morgan fingerprint density at radius 2 is 1.96 bits per heavy atom. The summed E-state index contributed by atoms with van der Waals surface area (Å²) >= 11 is 0. The van der Waals surface area contributed by atoms with Crippen LogP contribution in [0.3, 0.4) is 0 Å². The Labute approximate surface area is 167 Å². The lowest BCUT2D eigenvalue weighted by molar-refractivity contribution is -0.122. The molecular weight excluding hydrogens is 350 g/mol. The van der Waals surface area contributed by atoms with Crippen molar-refractivity contribution >= 4 is 5.91 Å². The second-order valence-corrected chi connectivity index (χ2v) is 7.25. The minimum Gasteiger partial charge on any atom is -0.379 e. The summed E-state index contributed by atoms with van der Waals surface area (Å²) in [5.74, 6) is -0.0865. The number of amides is 1. The highest BCUT2D eigenvalue weighted by atomic mass is 16.5. The molecule has 148 valence electrons. The summed E-state index contributed by atoms with van der Waals surface area (Å²) < 4.78 is 5.38. The van der Waals surface area contributed by atoms with Crippen LogP contribution in [0.4, 0.5) is 0 Å². The van der Waals surface area contributed by atoms with E-state index in [1.807, 2.05) is 38.3 Å². The van der Waals surface area contributed by atoms with E-state index in [0.29, 0.717) is 25.5 Å². The number of nitrogens with zero attached hydrogens (tertiary/aromatic N) is 2. The summed E-state index contributed by atoms with van der Waals surface area (Å²) in [5.41, 5.74) is 5.96. The van der Waals surface area contributed by atoms with Gasteiger partial charge in [0.2, 0.25) is 0 Å². The smallest absolute Gasteiger partial charge is 0.256 e. The lowest BCUT2D eigenvalue weighted by Crippen LogP contribution is -2.36. The molecule has 2 aliphatic heterocycles. The van der Waals surface area contributed by atoms with Crippen LogP contribution in [0.25, 0.3) is 0 Å². The van der Waals surface area contributed by atoms with Gasteiger partial charge in [0.25, 0.3) is 5.91 Å². The van der Waals surface area contributed by atoms with Gasteiger partial charge in [-0.2, -0.15) is 0 Å². The zero-order valence-electron chi connectivity index (χ0n) is 17.0. The van der Waals surface area contributed by atoms with Gasteiger partial charge >= 0.3 is 0 Å². The predicted molar refractivity (Wildman–Crippen MR) is 112 cm³/mol. The maximum Gasteiger partial charge on any atom is 0.256 e. The van der Waals surface area contributed by atoms with Crippen molar-refractivity contribution in [3.8, 4) is 0 Å². The number of nitrogens with one attached hydrogen (secondary N) is 1. The molecule has 1 aromatic carbocycles. The van der Waals surface area contributed by atoms with Crippen LogP contribution in [-0.4, -0.2) is 42.0 Å². The first-order chi connectivity index (χ1) is 13.5. The van der Waals surface area contributed by atoms with Crippen molar-refractivity contribution in [1.82, 2.24) is 15.1 Å². The Hall–Kier alpha value is -2.79. The molecule has 0 spiro atoms. The third-order valence-corrected chi connectivity index (χ3v) is 5.12. The molecule has 3 rings (SSSR count). The molecule has 1 N–H and O–H groups in total. The number of rotatable bonds is 5. The number of carbonyl (C=O) groups excluding carboxylic acids is 1. The molecular formula is C23H29N3O2. The molecule has 2 aliphatic rings. The lowest BCUT2D eigenvalue weighted by atomic mass is 10.1. The molecule has 1 amide bonds. The number of benzene rings is 1. The van der Waals surface area contributed by atoms with Gasteiger partial charge in [0.15, 0.2) is 0 Å². The second kappa shape index (κ2) is 8.93. The molecule has 5 heteroatoms. The van der Waals surface area contributed by atoms with E-state index in [4.69, 9.17) is 4.74 Å². The molecule has 1 saturated heterocycles. The molecule has 0 atom stereocenters. The first-order valence-electron chi connectivity index (χ1n) is 9.67. The minimum absolute atomic E-state index is 0.0865. The number of hydrogen-bond donors (Lipinski definition) is 1. The number of carbonyl (C=O) groups is 1. The van der Waals surface area contributed by atoms with Gasteiger partial charge in [0, 0.05) is 37.6 Å². The van der Waals surface area contributed by atoms with E-state index in [0.717, 1.165) is 30.1 Å². The van der Waals surface area contributed by atoms with Crippen LogP contribution in [0.5, 0.6) is 0 Å². The topological polar surface area (TPSA) is 44.8 Å². The third kappa shape index (κ3) is 4.73. The number of hydrogen-bond acceptors (Lipinski definition) is 4. The highest BCUT2D eigenvalue weighted by molar-refractivity contribution is 5.91. The fourth-order valence-electron chi connectivity index (χ4n) is 3.36. The van der Waals surface area contributed by atoms with Crippen LogP contribution < -0.4 is 5.32 Å². The molecule has 1 aromatic rings. The maximum atomic E-state index is 12.9. The predicted octanol–water partition coefficient (Wildman–Crippen LogP) is 3.46. The van der Waals surface area contributed by atoms with Gasteiger partial charge in [-0.15, -0.1) is 0 Å². The van der Waals surface area contributed by atoms with Crippen LogP contribution in [0, 0.1) is 6.92 Å². The Morgan fingerprint density at radius 3 is 2.68 bits per heavy atom. The fourth-order valence-corrected chi connectivity index (χ4v) is 3.36. The molecule has 5 nitrogen and oxygen atoms in total. The van der Waals surface area contributed by atoms with Crippen molar-refractivity contribution < 1.29 is 9.53 Å². The quantitative estimate of drug-likeness (QED) is 0.796. The molecule has 2 heterocycles. The highest BCUT2D eigenvalue weighted by Crippen LogP contribution is 2.23. The number of ether oxygens (including phenoxy) is 1. The van der Waals surface area contributed by atoms with Crippen LogP contribution in [-0.2, 0) is 16.1 Å². The van der Waals surface area contributed by atoms with Gasteiger partial charge < -0.3 is 15.0 Å². The maximum absolute atomic E-state index is 12.9. The summed E-state index contributed by atoms with van der Waals surface area (Å²) in [6.07, 6.45) is 5.56. The van der Waals surface area contributed by atoms with E-state index in [1.165, 1.54) is 11.1 Å². The summed E-state index contributed by atoms with van der Waals surface area (Å²) in [6.45, 7) is 13.9. The Kier molecular flexibility index (Phi) is 6.37. The Balaban J connectivity index is 1.69. The molecule has 0 aliphatic carbocycles. The average Bonchev–Trinajstić information content (AvgIpc) is 2.70. The molecule has 0 unspecified atom stereocenters. The largest absolute Gasteiger partial charge is 0.379 e. The van der Waals surface area contributed by atoms with Crippen LogP contribution in [0.2, 0.25) is 0 Å². The van der Waals surface area contributed by atoms with Gasteiger partial charge in [-0.05, 0) is 43.5 Å². The molecule has 28 heavy (non-hydrogen) atoms. The van der Waals surface area contributed by atoms with E-state index >= 15 is 0 Å². The van der Waals surface area contributed by atoms with Crippen molar-refractivity contribution in [3.63, 3.8) is 0 Å². The average molecular weight is 380 g/mol. The third-order valence-electron chi connectivity index (χ3n) is 5.12. The normalized spacial score (nSPS) is 18.0. The summed E-state index contributed by atoms with van der Waals surface area (Å²) in [4.78, 5) is 16.7. The summed E-state index contributed by atoms with van der Waals surface area (Å²) in [7, 11) is 0. The Morgan fingerprint density at radius 1 is 1.25 bits per heavy atom. The van der Waals surface area contributed by atoms with Gasteiger partial charge in [-0.25, -0.2) is 0 Å². The van der Waals surface area contributed by atoms with Crippen molar-refractivity contribution in [2.45, 2.75) is 27.3 Å². The van der Waals surface area contributed by atoms with Crippen molar-refractivity contribution in [2.24, 2.45) is 0 Å². The standard InChI is InChI=1S/C23H29N3O2/c1-17-13-22(24-15-21-8-6-5-7-18(21)2)20(4)26(16-17)23(27)14-19(3)25-9-11-28-12-10-25/h5-8,13-14,16,24H,4,9-12,15H2,1-3H3/b19-14+. The summed E-state index contributed by atoms with van der Waals surface area (Å²) in [5, 5.41) is 3.44. The number of allylic oxidation sites excluding steroid dienone is 3. The van der Waals surface area contributed by atoms with Crippen molar-refractivity contribution in [2.75, 3.05) is 26.3 Å². The Bertz CT molecular complexity index is 845. The first-order valence-corrected chi connectivity index (χ1v) is 9.67. The molecule has 0 radical (unpaired) electrons. The monoisotopic (exact) mass is 379 g/mol. The van der Waals surface area contributed by atoms with E-state index in [1.54, 1.807) is 11.0 Å². The molecule has 1 fully saturated rings. The van der Waals surface area contributed by atoms with Gasteiger partial charge in [-0.1, -0.05) is 30.8 Å². The van der Waals surface area contributed by atoms with Gasteiger partial charge in [0.1, 0.15) is 0 Å². The van der Waals surface area contributed by atoms with Crippen LogP contribution in [0.15, 0.2) is 71.9 Å². The molecule has 0 bridgehead atoms. The zero-order valence-corrected chi connectivity index (χ0v) is 17.0.